The first-order valence-corrected chi connectivity index (χ1v) is 17.6. The molecule has 13 nitrogen and oxygen atoms in total. The third-order valence-corrected chi connectivity index (χ3v) is 9.51. The van der Waals surface area contributed by atoms with E-state index < -0.39 is 59.3 Å². The fraction of sp³-hybridized carbons (Fsp3) is 0.0588. The van der Waals surface area contributed by atoms with E-state index >= 15 is 0 Å². The topological polar surface area (TPSA) is 208 Å². The maximum atomic E-state index is 13.5. The summed E-state index contributed by atoms with van der Waals surface area (Å²) in [5, 5.41) is 37.2. The molecule has 52 heavy (non-hydrogen) atoms. The van der Waals surface area contributed by atoms with Gasteiger partial charge in [-0.15, -0.1) is 28.5 Å². The molecule has 0 saturated heterocycles. The minimum atomic E-state index is -5.16. The lowest BCUT2D eigenvalue weighted by Crippen LogP contribution is -2.17. The van der Waals surface area contributed by atoms with E-state index in [1.54, 1.807) is 19.1 Å². The highest BCUT2D eigenvalue weighted by atomic mass is 32.2. The second-order valence-electron chi connectivity index (χ2n) is 11.2. The monoisotopic (exact) mass is 752 g/mol. The molecule has 0 aliphatic heterocycles. The Labute approximate surface area is 292 Å². The van der Waals surface area contributed by atoms with Gasteiger partial charge in [-0.2, -0.15) is 21.9 Å². The number of phenolic OH excluding ortho intramolecular Hbond substituents is 2. The van der Waals surface area contributed by atoms with E-state index in [1.165, 1.54) is 60.7 Å². The van der Waals surface area contributed by atoms with Crippen LogP contribution in [0.4, 0.5) is 35.9 Å². The smallest absolute Gasteiger partial charge is 0.505 e. The Hall–Kier alpha value is -5.95. The van der Waals surface area contributed by atoms with Gasteiger partial charge < -0.3 is 14.9 Å². The molecule has 0 aliphatic rings. The lowest BCUT2D eigenvalue weighted by Gasteiger charge is -2.13. The Kier molecular flexibility index (Phi) is 9.18. The van der Waals surface area contributed by atoms with Gasteiger partial charge in [-0.05, 0) is 60.0 Å². The summed E-state index contributed by atoms with van der Waals surface area (Å²) < 4.78 is 112. The third kappa shape index (κ3) is 7.40. The molecule has 4 N–H and O–H groups in total. The standard InChI is InChI=1S/C34H23F3N4O9S2/c1-18-14-19(10-12-25(18)38-40-27-16-30(51(44,45)46)21-6-2-4-8-23(21)32(27)42)20-11-13-26(29(15-20)50-34(35,36)37)39-41-28-17-31(52(47,48)49)22-7-3-5-9-24(22)33(28)43/h2-17,42-43H,1H3,(H,44,45,46)(H,47,48,49). The van der Waals surface area contributed by atoms with E-state index in [2.05, 4.69) is 25.2 Å². The summed E-state index contributed by atoms with van der Waals surface area (Å²) >= 11 is 0. The summed E-state index contributed by atoms with van der Waals surface area (Å²) in [5.74, 6) is -1.71. The van der Waals surface area contributed by atoms with E-state index in [4.69, 9.17) is 0 Å². The molecular weight excluding hydrogens is 730 g/mol. The van der Waals surface area contributed by atoms with Crippen LogP contribution in [-0.2, 0) is 20.2 Å². The average Bonchev–Trinajstić information content (AvgIpc) is 3.07. The van der Waals surface area contributed by atoms with Crippen molar-refractivity contribution in [2.45, 2.75) is 23.1 Å². The van der Waals surface area contributed by atoms with Crippen LogP contribution in [0, 0.1) is 6.92 Å². The molecule has 0 radical (unpaired) electrons. The second-order valence-corrected chi connectivity index (χ2v) is 13.9. The molecule has 0 aliphatic carbocycles. The normalized spacial score (nSPS) is 12.7. The quantitative estimate of drug-likeness (QED) is 0.0860. The number of hydrogen-bond donors (Lipinski definition) is 4. The molecule has 266 valence electrons. The highest BCUT2D eigenvalue weighted by Crippen LogP contribution is 2.43. The number of ether oxygens (including phenoxy) is 1. The number of aromatic hydroxyl groups is 2. The highest BCUT2D eigenvalue weighted by molar-refractivity contribution is 7.86. The van der Waals surface area contributed by atoms with E-state index in [9.17, 15) is 49.3 Å². The van der Waals surface area contributed by atoms with Crippen LogP contribution in [0.5, 0.6) is 17.2 Å². The first-order valence-electron chi connectivity index (χ1n) is 14.7. The summed E-state index contributed by atoms with van der Waals surface area (Å²) in [4.78, 5) is -1.09. The fourth-order valence-electron chi connectivity index (χ4n) is 5.35. The van der Waals surface area contributed by atoms with Crippen molar-refractivity contribution >= 4 is 64.5 Å². The van der Waals surface area contributed by atoms with Gasteiger partial charge in [0, 0.05) is 21.5 Å². The highest BCUT2D eigenvalue weighted by Gasteiger charge is 2.32. The molecule has 0 spiro atoms. The zero-order valence-electron chi connectivity index (χ0n) is 26.3. The number of halogens is 3. The molecule has 0 heterocycles. The Bertz CT molecular complexity index is 2700. The number of nitrogens with zero attached hydrogens (tertiary/aromatic N) is 4. The zero-order chi connectivity index (χ0) is 37.6. The van der Waals surface area contributed by atoms with Crippen molar-refractivity contribution in [1.29, 1.82) is 0 Å². The molecule has 0 unspecified atom stereocenters. The number of phenols is 2. The van der Waals surface area contributed by atoms with Crippen molar-refractivity contribution in [1.82, 2.24) is 0 Å². The number of benzene rings is 6. The first-order chi connectivity index (χ1) is 24.4. The predicted octanol–water partition coefficient (Wildman–Crippen LogP) is 9.60. The van der Waals surface area contributed by atoms with Crippen molar-refractivity contribution in [3.05, 3.63) is 103 Å². The number of fused-ring (bicyclic) bond motifs is 2. The maximum Gasteiger partial charge on any atom is 0.573 e. The van der Waals surface area contributed by atoms with Crippen molar-refractivity contribution in [2.24, 2.45) is 20.5 Å². The SMILES string of the molecule is Cc1cc(-c2ccc(N=Nc3cc(S(=O)(=O)O)c4ccccc4c3O)c(OC(F)(F)F)c2)ccc1N=Nc1cc(S(=O)(=O)O)c2ccccc2c1O. The third-order valence-electron chi connectivity index (χ3n) is 7.72. The molecule has 0 saturated carbocycles. The van der Waals surface area contributed by atoms with Gasteiger partial charge in [-0.1, -0.05) is 60.7 Å². The number of hydrogen-bond acceptors (Lipinski definition) is 11. The molecule has 6 aromatic rings. The second kappa shape index (κ2) is 13.3. The van der Waals surface area contributed by atoms with Crippen LogP contribution >= 0.6 is 0 Å². The van der Waals surface area contributed by atoms with Gasteiger partial charge in [0.05, 0.1) is 5.69 Å². The van der Waals surface area contributed by atoms with E-state index in [0.29, 0.717) is 11.1 Å². The number of alkyl halides is 3. The minimum absolute atomic E-state index is 0.0102. The Morgan fingerprint density at radius 2 is 0.962 bits per heavy atom. The summed E-state index contributed by atoms with van der Waals surface area (Å²) in [5.41, 5.74) is 0.209. The summed E-state index contributed by atoms with van der Waals surface area (Å²) in [6.45, 7) is 1.62. The first kappa shape index (κ1) is 35.9. The summed E-state index contributed by atoms with van der Waals surface area (Å²) in [7, 11) is -9.50. The van der Waals surface area contributed by atoms with Gasteiger partial charge in [0.1, 0.15) is 26.9 Å². The van der Waals surface area contributed by atoms with Gasteiger partial charge in [0.15, 0.2) is 17.2 Å². The lowest BCUT2D eigenvalue weighted by atomic mass is 10.0. The van der Waals surface area contributed by atoms with Crippen LogP contribution in [-0.4, -0.2) is 42.5 Å². The number of azo groups is 2. The van der Waals surface area contributed by atoms with Crippen LogP contribution in [0.15, 0.2) is 127 Å². The van der Waals surface area contributed by atoms with Crippen molar-refractivity contribution in [2.75, 3.05) is 0 Å². The largest absolute Gasteiger partial charge is 0.573 e. The molecule has 0 bridgehead atoms. The molecule has 18 heteroatoms. The fourth-order valence-corrected chi connectivity index (χ4v) is 6.78. The molecule has 0 amide bonds. The van der Waals surface area contributed by atoms with Crippen LogP contribution in [0.2, 0.25) is 0 Å². The molecule has 0 fully saturated rings. The lowest BCUT2D eigenvalue weighted by molar-refractivity contribution is -0.274. The van der Waals surface area contributed by atoms with E-state index in [1.807, 2.05) is 0 Å². The maximum absolute atomic E-state index is 13.5. The molecular formula is C34H23F3N4O9S2. The van der Waals surface area contributed by atoms with Gasteiger partial charge >= 0.3 is 6.36 Å². The van der Waals surface area contributed by atoms with Crippen molar-refractivity contribution < 1.29 is 54.1 Å². The molecule has 0 atom stereocenters. The Morgan fingerprint density at radius 1 is 0.558 bits per heavy atom. The number of aryl methyl sites for hydroxylation is 1. The van der Waals surface area contributed by atoms with Crippen LogP contribution < -0.4 is 4.74 Å². The zero-order valence-corrected chi connectivity index (χ0v) is 27.9. The van der Waals surface area contributed by atoms with Crippen LogP contribution in [0.25, 0.3) is 32.7 Å². The number of rotatable bonds is 8. The Morgan fingerprint density at radius 3 is 1.40 bits per heavy atom. The summed E-state index contributed by atoms with van der Waals surface area (Å²) in [6.07, 6.45) is -5.16. The van der Waals surface area contributed by atoms with Crippen LogP contribution in [0.1, 0.15) is 5.56 Å². The minimum Gasteiger partial charge on any atom is -0.505 e. The molecule has 6 aromatic carbocycles. The molecule has 6 rings (SSSR count). The van der Waals surface area contributed by atoms with Gasteiger partial charge in [-0.3, -0.25) is 9.11 Å². The molecule has 0 aromatic heterocycles. The predicted molar refractivity (Wildman–Crippen MR) is 183 cm³/mol. The van der Waals surface area contributed by atoms with E-state index in [0.717, 1.165) is 24.3 Å². The van der Waals surface area contributed by atoms with Crippen LogP contribution in [0.3, 0.4) is 0 Å². The van der Waals surface area contributed by atoms with Gasteiger partial charge in [0.25, 0.3) is 20.2 Å². The average molecular weight is 753 g/mol. The van der Waals surface area contributed by atoms with Gasteiger partial charge in [0.2, 0.25) is 0 Å². The van der Waals surface area contributed by atoms with Crippen molar-refractivity contribution in [3.8, 4) is 28.4 Å². The van der Waals surface area contributed by atoms with Crippen molar-refractivity contribution in [3.63, 3.8) is 0 Å². The van der Waals surface area contributed by atoms with Gasteiger partial charge in [-0.25, -0.2) is 0 Å². The Balaban J connectivity index is 1.35. The summed E-state index contributed by atoms with van der Waals surface area (Å²) in [6, 6.07) is 21.5. The van der Waals surface area contributed by atoms with E-state index in [-0.39, 0.29) is 44.2 Å².